The van der Waals surface area contributed by atoms with Gasteiger partial charge >= 0.3 is 0 Å². The molecule has 1 aromatic carbocycles. The number of aryl methyl sites for hydroxylation is 1. The number of fused-ring (bicyclic) bond motifs is 1. The molecular weight excluding hydrogens is 548 g/mol. The molecular formula is C28H31F2N9OS. The maximum absolute atomic E-state index is 13.9. The van der Waals surface area contributed by atoms with Crippen LogP contribution in [0.25, 0.3) is 16.9 Å². The molecule has 0 aliphatic carbocycles. The number of hydrogen-bond donors (Lipinski definition) is 2. The van der Waals surface area contributed by atoms with Gasteiger partial charge in [-0.05, 0) is 56.3 Å². The normalized spacial score (nSPS) is 19.5. The fourth-order valence-corrected chi connectivity index (χ4v) is 6.22. The Labute approximate surface area is 240 Å². The molecule has 1 amide bonds. The van der Waals surface area contributed by atoms with E-state index < -0.39 is 17.5 Å². The second kappa shape index (κ2) is 11.6. The molecule has 0 spiro atoms. The predicted molar refractivity (Wildman–Crippen MR) is 156 cm³/mol. The maximum atomic E-state index is 13.9. The van der Waals surface area contributed by atoms with Crippen LogP contribution in [-0.4, -0.2) is 65.7 Å². The van der Waals surface area contributed by atoms with Gasteiger partial charge in [-0.25, -0.2) is 23.1 Å². The summed E-state index contributed by atoms with van der Waals surface area (Å²) in [5.74, 6) is -1.24. The summed E-state index contributed by atoms with van der Waals surface area (Å²) in [7, 11) is 0. The minimum atomic E-state index is -1.10. The molecule has 6 rings (SSSR count). The molecule has 5 heterocycles. The molecule has 0 radical (unpaired) electrons. The number of imidazole rings is 1. The zero-order valence-corrected chi connectivity index (χ0v) is 23.7. The standard InChI is InChI=1S/C28H31F2N9OS/c1-17-5-4-8-37(12-17)15-20-9-25(41-36-20)35-27-28-31-11-23(39(28)13-18(2)33-27)19-10-32-38(14-19)16-24(40)34-22-7-3-6-21(29)26(22)30/h3,6-7,10-11,13-14,17,25H,4-5,8-9,12,15-16H2,1-2H3,(H,33,35)(H,34,40). The Morgan fingerprint density at radius 2 is 2.10 bits per heavy atom. The minimum Gasteiger partial charge on any atom is -0.353 e. The number of carbonyl (C=O) groups is 1. The average Bonchev–Trinajstić information content (AvgIpc) is 3.67. The molecule has 1 fully saturated rings. The number of anilines is 2. The number of likely N-dealkylation sites (tertiary alicyclic amines) is 1. The molecule has 0 bridgehead atoms. The molecule has 2 unspecified atom stereocenters. The Bertz CT molecular complexity index is 1620. The molecule has 3 aromatic heterocycles. The summed E-state index contributed by atoms with van der Waals surface area (Å²) >= 11 is 1.54. The molecule has 2 aliphatic rings. The maximum Gasteiger partial charge on any atom is 0.246 e. The molecule has 10 nitrogen and oxygen atoms in total. The number of aromatic nitrogens is 5. The molecule has 4 aromatic rings. The first-order valence-electron chi connectivity index (χ1n) is 13.6. The third-order valence-corrected chi connectivity index (χ3v) is 8.15. The van der Waals surface area contributed by atoms with E-state index in [4.69, 9.17) is 9.38 Å². The highest BCUT2D eigenvalue weighted by atomic mass is 32.2. The van der Waals surface area contributed by atoms with Gasteiger partial charge in [0.2, 0.25) is 5.91 Å². The van der Waals surface area contributed by atoms with Crippen molar-refractivity contribution in [2.24, 2.45) is 10.3 Å². The summed E-state index contributed by atoms with van der Waals surface area (Å²) < 4.78 is 35.5. The van der Waals surface area contributed by atoms with Crippen LogP contribution >= 0.6 is 11.9 Å². The van der Waals surface area contributed by atoms with Crippen LogP contribution in [0.2, 0.25) is 0 Å². The number of rotatable bonds is 8. The Morgan fingerprint density at radius 3 is 2.95 bits per heavy atom. The van der Waals surface area contributed by atoms with Gasteiger partial charge in [-0.3, -0.25) is 18.8 Å². The van der Waals surface area contributed by atoms with Gasteiger partial charge in [0.1, 0.15) is 11.9 Å². The van der Waals surface area contributed by atoms with E-state index in [1.165, 1.54) is 35.4 Å². The van der Waals surface area contributed by atoms with Gasteiger partial charge < -0.3 is 10.6 Å². The predicted octanol–water partition coefficient (Wildman–Crippen LogP) is 4.78. The molecule has 2 aliphatic heterocycles. The Kier molecular flexibility index (Phi) is 7.71. The fraction of sp³-hybridized carbons (Fsp3) is 0.393. The SMILES string of the molecule is Cc1cn2c(-c3cnn(CC(=O)Nc4cccc(F)c4F)c3)cnc2c(NC2CC(CN3CCCC(C)C3)=NS2)n1. The number of nitrogens with one attached hydrogen (secondary N) is 2. The second-order valence-corrected chi connectivity index (χ2v) is 11.7. The summed E-state index contributed by atoms with van der Waals surface area (Å²) in [6.07, 6.45) is 10.4. The van der Waals surface area contributed by atoms with E-state index in [-0.39, 0.29) is 17.6 Å². The highest BCUT2D eigenvalue weighted by Crippen LogP contribution is 2.30. The van der Waals surface area contributed by atoms with Gasteiger partial charge in [-0.15, -0.1) is 0 Å². The number of piperidine rings is 1. The highest BCUT2D eigenvalue weighted by molar-refractivity contribution is 7.99. The van der Waals surface area contributed by atoms with E-state index in [0.717, 1.165) is 55.0 Å². The van der Waals surface area contributed by atoms with Crippen molar-refractivity contribution in [3.8, 4) is 11.3 Å². The first-order chi connectivity index (χ1) is 19.8. The number of nitrogens with zero attached hydrogens (tertiary/aromatic N) is 7. The zero-order valence-electron chi connectivity index (χ0n) is 22.8. The Hall–Kier alpha value is -3.84. The van der Waals surface area contributed by atoms with Crippen LogP contribution in [0.15, 0.2) is 47.4 Å². The molecule has 41 heavy (non-hydrogen) atoms. The van der Waals surface area contributed by atoms with Crippen LogP contribution in [-0.2, 0) is 11.3 Å². The Morgan fingerprint density at radius 1 is 1.22 bits per heavy atom. The van der Waals surface area contributed by atoms with Crippen LogP contribution in [0.5, 0.6) is 0 Å². The van der Waals surface area contributed by atoms with Crippen molar-refractivity contribution in [3.05, 3.63) is 60.3 Å². The molecule has 214 valence electrons. The van der Waals surface area contributed by atoms with E-state index in [2.05, 4.69) is 32.5 Å². The number of carbonyl (C=O) groups excluding carboxylic acids is 1. The van der Waals surface area contributed by atoms with Gasteiger partial charge in [0.05, 0.1) is 29.5 Å². The van der Waals surface area contributed by atoms with Crippen LogP contribution in [0, 0.1) is 24.5 Å². The first-order valence-corrected chi connectivity index (χ1v) is 14.5. The number of halogens is 2. The van der Waals surface area contributed by atoms with E-state index in [1.54, 1.807) is 30.5 Å². The lowest BCUT2D eigenvalue weighted by atomic mass is 10.00. The quantitative estimate of drug-likeness (QED) is 0.290. The monoisotopic (exact) mass is 579 g/mol. The van der Waals surface area contributed by atoms with Gasteiger partial charge in [-0.1, -0.05) is 13.0 Å². The summed E-state index contributed by atoms with van der Waals surface area (Å²) in [5, 5.41) is 10.3. The number of benzene rings is 1. The van der Waals surface area contributed by atoms with Crippen molar-refractivity contribution in [3.63, 3.8) is 0 Å². The van der Waals surface area contributed by atoms with E-state index in [9.17, 15) is 13.6 Å². The number of hydrogen-bond acceptors (Lipinski definition) is 8. The fourth-order valence-electron chi connectivity index (χ4n) is 5.38. The average molecular weight is 580 g/mol. The summed E-state index contributed by atoms with van der Waals surface area (Å²) in [4.78, 5) is 24.3. The van der Waals surface area contributed by atoms with Gasteiger partial charge in [0, 0.05) is 43.2 Å². The zero-order chi connectivity index (χ0) is 28.5. The summed E-state index contributed by atoms with van der Waals surface area (Å²) in [6.45, 7) is 7.25. The van der Waals surface area contributed by atoms with Gasteiger partial charge in [0.25, 0.3) is 0 Å². The number of amides is 1. The lowest BCUT2D eigenvalue weighted by Gasteiger charge is -2.30. The molecule has 1 saturated heterocycles. The van der Waals surface area contributed by atoms with Crippen molar-refractivity contribution < 1.29 is 13.6 Å². The lowest BCUT2D eigenvalue weighted by molar-refractivity contribution is -0.116. The molecule has 0 saturated carbocycles. The van der Waals surface area contributed by atoms with E-state index >= 15 is 0 Å². The topological polar surface area (TPSA) is 105 Å². The molecule has 2 atom stereocenters. The van der Waals surface area contributed by atoms with Crippen LogP contribution in [0.4, 0.5) is 20.3 Å². The summed E-state index contributed by atoms with van der Waals surface area (Å²) in [6, 6.07) is 3.63. The third-order valence-electron chi connectivity index (χ3n) is 7.25. The third kappa shape index (κ3) is 6.10. The lowest BCUT2D eigenvalue weighted by Crippen LogP contribution is -2.38. The largest absolute Gasteiger partial charge is 0.353 e. The summed E-state index contributed by atoms with van der Waals surface area (Å²) in [5.41, 5.74) is 4.00. The van der Waals surface area contributed by atoms with Crippen LogP contribution in [0.3, 0.4) is 0 Å². The minimum absolute atomic E-state index is 0.0784. The van der Waals surface area contributed by atoms with Crippen molar-refractivity contribution in [2.45, 2.75) is 45.0 Å². The molecule has 13 heteroatoms. The van der Waals surface area contributed by atoms with Crippen molar-refractivity contribution in [1.82, 2.24) is 29.0 Å². The highest BCUT2D eigenvalue weighted by Gasteiger charge is 2.25. The first kappa shape index (κ1) is 27.3. The van der Waals surface area contributed by atoms with Crippen molar-refractivity contribution in [1.29, 1.82) is 0 Å². The molecule has 2 N–H and O–H groups in total. The van der Waals surface area contributed by atoms with Gasteiger partial charge in [-0.2, -0.15) is 5.10 Å². The smallest absolute Gasteiger partial charge is 0.246 e. The Balaban J connectivity index is 1.13. The van der Waals surface area contributed by atoms with Crippen molar-refractivity contribution in [2.75, 3.05) is 30.3 Å². The van der Waals surface area contributed by atoms with E-state index in [0.29, 0.717) is 11.5 Å². The van der Waals surface area contributed by atoms with E-state index in [1.807, 2.05) is 17.5 Å². The second-order valence-electron chi connectivity index (χ2n) is 10.7. The van der Waals surface area contributed by atoms with Gasteiger partial charge in [0.15, 0.2) is 23.1 Å². The van der Waals surface area contributed by atoms with Crippen LogP contribution in [0.1, 0.15) is 31.9 Å². The van der Waals surface area contributed by atoms with Crippen LogP contribution < -0.4 is 10.6 Å². The van der Waals surface area contributed by atoms with Crippen molar-refractivity contribution >= 4 is 40.7 Å².